The lowest BCUT2D eigenvalue weighted by Gasteiger charge is -2.47. The van der Waals surface area contributed by atoms with Gasteiger partial charge in [0.05, 0.1) is 16.5 Å². The maximum Gasteiger partial charge on any atom is 0.416 e. The Balaban J connectivity index is 2.22. The summed E-state index contributed by atoms with van der Waals surface area (Å²) in [6.45, 7) is 0.560. The number of hydrogen-bond donors (Lipinski definition) is 2. The zero-order valence-corrected chi connectivity index (χ0v) is 16.7. The largest absolute Gasteiger partial charge is 0.481 e. The smallest absolute Gasteiger partial charge is 0.416 e. The molecule has 31 heavy (non-hydrogen) atoms. The van der Waals surface area contributed by atoms with Gasteiger partial charge in [0.25, 0.3) is 0 Å². The molecule has 10 heteroatoms. The molecule has 3 nitrogen and oxygen atoms in total. The molecule has 2 N–H and O–H groups in total. The second kappa shape index (κ2) is 8.02. The minimum Gasteiger partial charge on any atom is -0.481 e. The normalized spacial score (nSPS) is 17.4. The number of aliphatic carboxylic acids is 1. The van der Waals surface area contributed by atoms with E-state index in [1.165, 1.54) is 0 Å². The molecular formula is C21H18ClF6NO2. The zero-order chi connectivity index (χ0) is 23.1. The van der Waals surface area contributed by atoms with Crippen LogP contribution < -0.4 is 5.32 Å². The number of alkyl halides is 7. The molecule has 0 aromatic heterocycles. The number of piperidine rings is 1. The Morgan fingerprint density at radius 3 is 1.39 bits per heavy atom. The molecule has 1 fully saturated rings. The van der Waals surface area contributed by atoms with Crippen molar-refractivity contribution in [3.8, 4) is 0 Å². The van der Waals surface area contributed by atoms with E-state index in [0.717, 1.165) is 48.5 Å². The van der Waals surface area contributed by atoms with Crippen molar-refractivity contribution in [3.63, 3.8) is 0 Å². The molecule has 0 amide bonds. The number of hydrogen-bond acceptors (Lipinski definition) is 2. The van der Waals surface area contributed by atoms with E-state index in [1.807, 2.05) is 0 Å². The predicted molar refractivity (Wildman–Crippen MR) is 102 cm³/mol. The number of rotatable bonds is 4. The summed E-state index contributed by atoms with van der Waals surface area (Å²) in [4.78, 5) is 10.6. The highest BCUT2D eigenvalue weighted by atomic mass is 35.5. The maximum atomic E-state index is 13.0. The van der Waals surface area contributed by atoms with Gasteiger partial charge in [0.15, 0.2) is 0 Å². The Kier molecular flexibility index (Phi) is 6.05. The van der Waals surface area contributed by atoms with Crippen LogP contribution in [0.25, 0.3) is 0 Å². The summed E-state index contributed by atoms with van der Waals surface area (Å²) < 4.78 is 78.1. The standard InChI is InChI=1S/C21H18ClF6NO2/c22-19(18(17(30)31)9-11-29-12-10-18,13-1-5-15(6-2-13)20(23,24)25)14-3-7-16(8-4-14)21(26,27)28/h1-8,29H,9-12H2,(H,30,31). The third kappa shape index (κ3) is 4.13. The molecule has 0 atom stereocenters. The van der Waals surface area contributed by atoms with Crippen LogP contribution in [-0.4, -0.2) is 24.2 Å². The third-order valence-electron chi connectivity index (χ3n) is 5.75. The summed E-state index contributed by atoms with van der Waals surface area (Å²) in [5.41, 5.74) is -3.42. The highest BCUT2D eigenvalue weighted by Crippen LogP contribution is 2.56. The monoisotopic (exact) mass is 465 g/mol. The molecule has 0 aliphatic carbocycles. The van der Waals surface area contributed by atoms with E-state index in [-0.39, 0.29) is 37.1 Å². The van der Waals surface area contributed by atoms with Gasteiger partial charge in [0.2, 0.25) is 0 Å². The van der Waals surface area contributed by atoms with Gasteiger partial charge in [-0.25, -0.2) is 0 Å². The number of benzene rings is 2. The quantitative estimate of drug-likeness (QED) is 0.452. The highest BCUT2D eigenvalue weighted by Gasteiger charge is 2.58. The number of carbonyl (C=O) groups is 1. The lowest BCUT2D eigenvalue weighted by Crippen LogP contribution is -2.54. The van der Waals surface area contributed by atoms with E-state index in [2.05, 4.69) is 5.32 Å². The van der Waals surface area contributed by atoms with E-state index in [1.54, 1.807) is 0 Å². The van der Waals surface area contributed by atoms with Crippen LogP contribution in [0.2, 0.25) is 0 Å². The van der Waals surface area contributed by atoms with Gasteiger partial charge in [0.1, 0.15) is 4.87 Å². The van der Waals surface area contributed by atoms with E-state index >= 15 is 0 Å². The van der Waals surface area contributed by atoms with Crippen molar-refractivity contribution in [1.29, 1.82) is 0 Å². The Morgan fingerprint density at radius 1 is 0.774 bits per heavy atom. The summed E-state index contributed by atoms with van der Waals surface area (Å²) in [6, 6.07) is 7.47. The summed E-state index contributed by atoms with van der Waals surface area (Å²) >= 11 is 6.98. The molecule has 1 saturated heterocycles. The number of carboxylic acid groups (broad SMARTS) is 1. The van der Waals surface area contributed by atoms with Crippen LogP contribution >= 0.6 is 11.6 Å². The molecule has 0 saturated carbocycles. The maximum absolute atomic E-state index is 13.0. The first-order valence-corrected chi connectivity index (χ1v) is 9.69. The molecule has 2 aromatic rings. The minimum atomic E-state index is -4.61. The van der Waals surface area contributed by atoms with E-state index in [9.17, 15) is 36.2 Å². The SMILES string of the molecule is O=C(O)C1(C(Cl)(c2ccc(C(F)(F)F)cc2)c2ccc(C(F)(F)F)cc2)CCNCC1. The van der Waals surface area contributed by atoms with Crippen LogP contribution in [0.3, 0.4) is 0 Å². The number of halogens is 7. The molecule has 0 radical (unpaired) electrons. The topological polar surface area (TPSA) is 49.3 Å². The van der Waals surface area contributed by atoms with Crippen molar-refractivity contribution >= 4 is 17.6 Å². The van der Waals surface area contributed by atoms with Gasteiger partial charge in [-0.1, -0.05) is 24.3 Å². The lowest BCUT2D eigenvalue weighted by atomic mass is 9.63. The van der Waals surface area contributed by atoms with Crippen LogP contribution in [0.5, 0.6) is 0 Å². The van der Waals surface area contributed by atoms with Gasteiger partial charge in [0, 0.05) is 0 Å². The molecule has 1 heterocycles. The van der Waals surface area contributed by atoms with Crippen molar-refractivity contribution in [2.45, 2.75) is 30.1 Å². The summed E-state index contributed by atoms with van der Waals surface area (Å²) in [6.07, 6.45) is -9.15. The first-order chi connectivity index (χ1) is 14.3. The van der Waals surface area contributed by atoms with Gasteiger partial charge < -0.3 is 10.4 Å². The minimum absolute atomic E-state index is 0.0356. The van der Waals surface area contributed by atoms with Crippen LogP contribution in [0, 0.1) is 5.41 Å². The Labute approximate surface area is 179 Å². The van der Waals surface area contributed by atoms with Gasteiger partial charge in [-0.15, -0.1) is 11.6 Å². The van der Waals surface area contributed by atoms with Crippen molar-refractivity contribution in [1.82, 2.24) is 5.32 Å². The van der Waals surface area contributed by atoms with Crippen LogP contribution in [0.1, 0.15) is 35.1 Å². The van der Waals surface area contributed by atoms with E-state index in [4.69, 9.17) is 11.6 Å². The van der Waals surface area contributed by atoms with Crippen LogP contribution in [0.15, 0.2) is 48.5 Å². The molecule has 168 valence electrons. The zero-order valence-electron chi connectivity index (χ0n) is 15.9. The Morgan fingerprint density at radius 2 is 1.10 bits per heavy atom. The Bertz CT molecular complexity index is 875. The van der Waals surface area contributed by atoms with Crippen molar-refractivity contribution in [2.24, 2.45) is 5.41 Å². The predicted octanol–water partition coefficient (Wildman–Crippen LogP) is 5.66. The fourth-order valence-corrected chi connectivity index (χ4v) is 4.58. The highest BCUT2D eigenvalue weighted by molar-refractivity contribution is 6.28. The van der Waals surface area contributed by atoms with Gasteiger partial charge in [-0.2, -0.15) is 26.3 Å². The van der Waals surface area contributed by atoms with Crippen LogP contribution in [0.4, 0.5) is 26.3 Å². The molecular weight excluding hydrogens is 448 g/mol. The summed E-state index contributed by atoms with van der Waals surface area (Å²) in [7, 11) is 0. The first kappa shape index (κ1) is 23.4. The molecule has 2 aromatic carbocycles. The van der Waals surface area contributed by atoms with Crippen molar-refractivity contribution in [3.05, 3.63) is 70.8 Å². The summed E-state index contributed by atoms with van der Waals surface area (Å²) in [5.74, 6) is -1.27. The first-order valence-electron chi connectivity index (χ1n) is 9.31. The summed E-state index contributed by atoms with van der Waals surface area (Å²) in [5, 5.41) is 13.2. The van der Waals surface area contributed by atoms with E-state index in [0.29, 0.717) is 0 Å². The molecule has 0 unspecified atom stereocenters. The van der Waals surface area contributed by atoms with Crippen molar-refractivity contribution in [2.75, 3.05) is 13.1 Å². The van der Waals surface area contributed by atoms with Gasteiger partial charge >= 0.3 is 18.3 Å². The average molecular weight is 466 g/mol. The fraction of sp³-hybridized carbons (Fsp3) is 0.381. The fourth-order valence-electron chi connectivity index (χ4n) is 4.06. The van der Waals surface area contributed by atoms with Crippen LogP contribution in [-0.2, 0) is 22.0 Å². The van der Waals surface area contributed by atoms with Gasteiger partial charge in [-0.05, 0) is 61.3 Å². The molecule has 0 spiro atoms. The molecule has 1 aliphatic rings. The molecule has 1 aliphatic heterocycles. The Hall–Kier alpha value is -2.26. The third-order valence-corrected chi connectivity index (χ3v) is 6.54. The van der Waals surface area contributed by atoms with Crippen molar-refractivity contribution < 1.29 is 36.2 Å². The number of nitrogens with one attached hydrogen (secondary N) is 1. The van der Waals surface area contributed by atoms with Gasteiger partial charge in [-0.3, -0.25) is 4.79 Å². The second-order valence-corrected chi connectivity index (χ2v) is 8.01. The second-order valence-electron chi connectivity index (χ2n) is 7.45. The average Bonchev–Trinajstić information content (AvgIpc) is 2.72. The number of carboxylic acids is 1. The molecule has 3 rings (SSSR count). The lowest BCUT2D eigenvalue weighted by molar-refractivity contribution is -0.153. The molecule has 0 bridgehead atoms. The van der Waals surface area contributed by atoms with E-state index < -0.39 is 39.7 Å².